The molecule has 0 amide bonds. The van der Waals surface area contributed by atoms with Crippen molar-refractivity contribution < 1.29 is 4.74 Å². The van der Waals surface area contributed by atoms with Crippen molar-refractivity contribution in [3.05, 3.63) is 53.1 Å². The number of H-pyrrole nitrogens is 1. The van der Waals surface area contributed by atoms with Gasteiger partial charge in [0.15, 0.2) is 0 Å². The van der Waals surface area contributed by atoms with Crippen LogP contribution in [0.4, 0.5) is 0 Å². The molecule has 3 rings (SSSR count). The first-order chi connectivity index (χ1) is 8.78. The zero-order chi connectivity index (χ0) is 12.5. The SMILES string of the molecule is COc1ccc(-c2cc3c(=O)[nH]ccn3n2)cc1. The second-order valence-corrected chi connectivity index (χ2v) is 3.88. The van der Waals surface area contributed by atoms with Crippen molar-refractivity contribution in [1.29, 1.82) is 0 Å². The smallest absolute Gasteiger partial charge is 0.273 e. The van der Waals surface area contributed by atoms with Crippen molar-refractivity contribution in [2.45, 2.75) is 0 Å². The van der Waals surface area contributed by atoms with E-state index in [-0.39, 0.29) is 5.56 Å². The Kier molecular flexibility index (Phi) is 2.37. The van der Waals surface area contributed by atoms with E-state index >= 15 is 0 Å². The molecule has 0 aliphatic heterocycles. The van der Waals surface area contributed by atoms with Crippen LogP contribution in [-0.2, 0) is 0 Å². The van der Waals surface area contributed by atoms with Gasteiger partial charge in [0.1, 0.15) is 11.3 Å². The highest BCUT2D eigenvalue weighted by atomic mass is 16.5. The van der Waals surface area contributed by atoms with Crippen LogP contribution in [0.15, 0.2) is 47.5 Å². The van der Waals surface area contributed by atoms with Crippen molar-refractivity contribution in [3.8, 4) is 17.0 Å². The number of hydrogen-bond donors (Lipinski definition) is 1. The van der Waals surface area contributed by atoms with Crippen LogP contribution in [0, 0.1) is 0 Å². The number of ether oxygens (including phenoxy) is 1. The largest absolute Gasteiger partial charge is 0.497 e. The standard InChI is InChI=1S/C13H11N3O2/c1-18-10-4-2-9(3-5-10)11-8-12-13(17)14-6-7-16(12)15-11/h2-8H,1H3,(H,14,17). The minimum absolute atomic E-state index is 0.148. The molecular formula is C13H11N3O2. The van der Waals surface area contributed by atoms with E-state index in [4.69, 9.17) is 4.74 Å². The molecule has 2 aromatic heterocycles. The lowest BCUT2D eigenvalue weighted by atomic mass is 10.1. The van der Waals surface area contributed by atoms with E-state index in [0.29, 0.717) is 5.52 Å². The van der Waals surface area contributed by atoms with E-state index < -0.39 is 0 Å². The Morgan fingerprint density at radius 2 is 2.06 bits per heavy atom. The number of aromatic amines is 1. The minimum Gasteiger partial charge on any atom is -0.497 e. The van der Waals surface area contributed by atoms with E-state index in [1.54, 1.807) is 30.1 Å². The zero-order valence-corrected chi connectivity index (χ0v) is 9.75. The maximum absolute atomic E-state index is 11.6. The molecule has 0 unspecified atom stereocenters. The fraction of sp³-hybridized carbons (Fsp3) is 0.0769. The predicted molar refractivity (Wildman–Crippen MR) is 67.8 cm³/mol. The summed E-state index contributed by atoms with van der Waals surface area (Å²) in [7, 11) is 1.62. The third-order valence-electron chi connectivity index (χ3n) is 2.78. The van der Waals surface area contributed by atoms with Gasteiger partial charge in [0.05, 0.1) is 12.8 Å². The Hall–Kier alpha value is -2.56. The van der Waals surface area contributed by atoms with Crippen molar-refractivity contribution in [3.63, 3.8) is 0 Å². The van der Waals surface area contributed by atoms with Gasteiger partial charge in [-0.1, -0.05) is 0 Å². The van der Waals surface area contributed by atoms with Crippen molar-refractivity contribution >= 4 is 5.52 Å². The summed E-state index contributed by atoms with van der Waals surface area (Å²) in [6.07, 6.45) is 3.28. The first-order valence-electron chi connectivity index (χ1n) is 5.49. The van der Waals surface area contributed by atoms with E-state index in [1.165, 1.54) is 0 Å². The van der Waals surface area contributed by atoms with Gasteiger partial charge in [-0.15, -0.1) is 0 Å². The number of nitrogens with one attached hydrogen (secondary N) is 1. The predicted octanol–water partition coefficient (Wildman–Crippen LogP) is 1.70. The molecule has 0 aliphatic rings. The van der Waals surface area contributed by atoms with Gasteiger partial charge < -0.3 is 9.72 Å². The monoisotopic (exact) mass is 241 g/mol. The highest BCUT2D eigenvalue weighted by Gasteiger charge is 2.06. The van der Waals surface area contributed by atoms with Gasteiger partial charge in [-0.3, -0.25) is 4.79 Å². The van der Waals surface area contributed by atoms with Gasteiger partial charge in [0, 0.05) is 18.0 Å². The van der Waals surface area contributed by atoms with Crippen molar-refractivity contribution in [1.82, 2.24) is 14.6 Å². The summed E-state index contributed by atoms with van der Waals surface area (Å²) in [6, 6.07) is 9.32. The van der Waals surface area contributed by atoms with Gasteiger partial charge in [-0.25, -0.2) is 4.52 Å². The topological polar surface area (TPSA) is 59.4 Å². The summed E-state index contributed by atoms with van der Waals surface area (Å²) in [5.41, 5.74) is 2.08. The molecule has 2 heterocycles. The third-order valence-corrected chi connectivity index (χ3v) is 2.78. The number of nitrogens with zero attached hydrogens (tertiary/aromatic N) is 2. The molecule has 1 aromatic carbocycles. The van der Waals surface area contributed by atoms with E-state index in [1.807, 2.05) is 24.3 Å². The normalized spacial score (nSPS) is 10.7. The lowest BCUT2D eigenvalue weighted by Crippen LogP contribution is -2.07. The maximum Gasteiger partial charge on any atom is 0.273 e. The van der Waals surface area contributed by atoms with Crippen molar-refractivity contribution in [2.24, 2.45) is 0 Å². The molecule has 1 N–H and O–H groups in total. The molecule has 0 atom stereocenters. The van der Waals surface area contributed by atoms with Crippen LogP contribution in [0.2, 0.25) is 0 Å². The van der Waals surface area contributed by atoms with Crippen LogP contribution in [0.25, 0.3) is 16.8 Å². The Labute approximate surface area is 103 Å². The van der Waals surface area contributed by atoms with Crippen molar-refractivity contribution in [2.75, 3.05) is 7.11 Å². The van der Waals surface area contributed by atoms with Gasteiger partial charge in [0.2, 0.25) is 0 Å². The van der Waals surface area contributed by atoms with E-state index in [2.05, 4.69) is 10.1 Å². The summed E-state index contributed by atoms with van der Waals surface area (Å²) < 4.78 is 6.67. The molecule has 0 fully saturated rings. The van der Waals surface area contributed by atoms with Crippen LogP contribution < -0.4 is 10.3 Å². The summed E-state index contributed by atoms with van der Waals surface area (Å²) in [5.74, 6) is 0.792. The molecule has 0 aliphatic carbocycles. The Morgan fingerprint density at radius 3 is 2.72 bits per heavy atom. The van der Waals surface area contributed by atoms with E-state index in [0.717, 1.165) is 17.0 Å². The lowest BCUT2D eigenvalue weighted by Gasteiger charge is -1.99. The second kappa shape index (κ2) is 4.03. The maximum atomic E-state index is 11.6. The molecule has 0 saturated carbocycles. The molecule has 0 radical (unpaired) electrons. The fourth-order valence-corrected chi connectivity index (χ4v) is 1.84. The molecule has 5 nitrogen and oxygen atoms in total. The molecule has 18 heavy (non-hydrogen) atoms. The van der Waals surface area contributed by atoms with Gasteiger partial charge in [0.25, 0.3) is 5.56 Å². The molecular weight excluding hydrogens is 230 g/mol. The molecule has 0 bridgehead atoms. The third kappa shape index (κ3) is 1.66. The molecule has 90 valence electrons. The number of fused-ring (bicyclic) bond motifs is 1. The highest BCUT2D eigenvalue weighted by molar-refractivity contribution is 5.65. The number of aromatic nitrogens is 3. The Morgan fingerprint density at radius 1 is 1.28 bits per heavy atom. The van der Waals surface area contributed by atoms with Crippen LogP contribution in [0.1, 0.15) is 0 Å². The van der Waals surface area contributed by atoms with E-state index in [9.17, 15) is 4.79 Å². The molecule has 0 saturated heterocycles. The lowest BCUT2D eigenvalue weighted by molar-refractivity contribution is 0.415. The Bertz CT molecular complexity index is 741. The van der Waals surface area contributed by atoms with Gasteiger partial charge >= 0.3 is 0 Å². The van der Waals surface area contributed by atoms with Gasteiger partial charge in [-0.2, -0.15) is 5.10 Å². The van der Waals surface area contributed by atoms with Crippen LogP contribution >= 0.6 is 0 Å². The first-order valence-corrected chi connectivity index (χ1v) is 5.49. The van der Waals surface area contributed by atoms with Crippen LogP contribution in [0.3, 0.4) is 0 Å². The summed E-state index contributed by atoms with van der Waals surface area (Å²) in [5, 5.41) is 4.36. The second-order valence-electron chi connectivity index (χ2n) is 3.88. The highest BCUT2D eigenvalue weighted by Crippen LogP contribution is 2.21. The number of benzene rings is 1. The number of rotatable bonds is 2. The fourth-order valence-electron chi connectivity index (χ4n) is 1.84. The average molecular weight is 241 g/mol. The quantitative estimate of drug-likeness (QED) is 0.742. The first kappa shape index (κ1) is 10.6. The summed E-state index contributed by atoms with van der Waals surface area (Å²) in [6.45, 7) is 0. The minimum atomic E-state index is -0.148. The molecule has 3 aromatic rings. The van der Waals surface area contributed by atoms with Crippen LogP contribution in [0.5, 0.6) is 5.75 Å². The zero-order valence-electron chi connectivity index (χ0n) is 9.75. The number of methoxy groups -OCH3 is 1. The Balaban J connectivity index is 2.13. The average Bonchev–Trinajstić information content (AvgIpc) is 2.84. The summed E-state index contributed by atoms with van der Waals surface area (Å²) >= 11 is 0. The number of hydrogen-bond acceptors (Lipinski definition) is 3. The molecule has 5 heteroatoms. The van der Waals surface area contributed by atoms with Crippen LogP contribution in [-0.4, -0.2) is 21.7 Å². The molecule has 0 spiro atoms. The summed E-state index contributed by atoms with van der Waals surface area (Å²) in [4.78, 5) is 14.2. The van der Waals surface area contributed by atoms with Gasteiger partial charge in [-0.05, 0) is 30.3 Å².